The molecule has 0 bridgehead atoms. The van der Waals surface area contributed by atoms with Gasteiger partial charge in [-0.2, -0.15) is 0 Å². The fourth-order valence-corrected chi connectivity index (χ4v) is 1.82. The molecule has 1 aromatic rings. The fraction of sp³-hybridized carbons (Fsp3) is 0.500. The summed E-state index contributed by atoms with van der Waals surface area (Å²) in [5.41, 5.74) is 5.56. The van der Waals surface area contributed by atoms with Crippen LogP contribution in [0.4, 0.5) is 8.78 Å². The molecule has 112 valence electrons. The summed E-state index contributed by atoms with van der Waals surface area (Å²) in [6.45, 7) is 4.35. The minimum absolute atomic E-state index is 0.0444. The van der Waals surface area contributed by atoms with Crippen LogP contribution in [0, 0.1) is 17.6 Å². The predicted octanol–water partition coefficient (Wildman–Crippen LogP) is 3.06. The Morgan fingerprint density at radius 3 is 2.50 bits per heavy atom. The summed E-state index contributed by atoms with van der Waals surface area (Å²) in [6.07, 6.45) is 0.595. The molecule has 0 fully saturated rings. The Morgan fingerprint density at radius 2 is 1.95 bits per heavy atom. The monoisotopic (exact) mass is 304 g/mol. The molecule has 1 aromatic carbocycles. The number of halogens is 3. The quantitative estimate of drug-likeness (QED) is 0.850. The third-order valence-corrected chi connectivity index (χ3v) is 3.53. The van der Waals surface area contributed by atoms with Gasteiger partial charge in [-0.05, 0) is 24.5 Å². The molecule has 1 atom stereocenters. The number of hydrogen-bond donors (Lipinski definition) is 1. The lowest BCUT2D eigenvalue weighted by Gasteiger charge is -2.21. The topological polar surface area (TPSA) is 46.3 Å². The molecule has 1 amide bonds. The van der Waals surface area contributed by atoms with Gasteiger partial charge in [0.2, 0.25) is 0 Å². The first kappa shape index (κ1) is 16.9. The summed E-state index contributed by atoms with van der Waals surface area (Å²) in [5, 5.41) is -0.344. The molecular formula is C14H19ClF2N2O. The molecule has 0 heterocycles. The van der Waals surface area contributed by atoms with Crippen LogP contribution >= 0.6 is 11.6 Å². The molecule has 0 aliphatic heterocycles. The van der Waals surface area contributed by atoms with E-state index in [1.807, 2.05) is 13.8 Å². The second kappa shape index (κ2) is 6.99. The van der Waals surface area contributed by atoms with Crippen molar-refractivity contribution in [3.63, 3.8) is 0 Å². The highest BCUT2D eigenvalue weighted by atomic mass is 35.5. The van der Waals surface area contributed by atoms with Gasteiger partial charge >= 0.3 is 0 Å². The van der Waals surface area contributed by atoms with Crippen molar-refractivity contribution in [3.8, 4) is 0 Å². The van der Waals surface area contributed by atoms with E-state index < -0.39 is 17.5 Å². The second-order valence-corrected chi connectivity index (χ2v) is 5.58. The Balaban J connectivity index is 2.77. The largest absolute Gasteiger partial charge is 0.342 e. The molecule has 1 unspecified atom stereocenters. The first-order valence-corrected chi connectivity index (χ1v) is 6.77. The number of amides is 1. The van der Waals surface area contributed by atoms with Gasteiger partial charge in [-0.3, -0.25) is 4.79 Å². The number of rotatable bonds is 5. The summed E-state index contributed by atoms with van der Waals surface area (Å²) >= 11 is 5.45. The van der Waals surface area contributed by atoms with Gasteiger partial charge in [-0.15, -0.1) is 0 Å². The average molecular weight is 305 g/mol. The summed E-state index contributed by atoms with van der Waals surface area (Å²) in [6, 6.07) is 1.58. The van der Waals surface area contributed by atoms with Gasteiger partial charge in [0.05, 0.1) is 10.6 Å². The Bertz CT molecular complexity index is 494. The van der Waals surface area contributed by atoms with Crippen molar-refractivity contribution in [2.75, 3.05) is 13.6 Å². The minimum Gasteiger partial charge on any atom is -0.342 e. The maximum Gasteiger partial charge on any atom is 0.256 e. The average Bonchev–Trinajstić information content (AvgIpc) is 2.38. The maximum absolute atomic E-state index is 13.6. The molecular weight excluding hydrogens is 286 g/mol. The first-order valence-electron chi connectivity index (χ1n) is 6.39. The lowest BCUT2D eigenvalue weighted by molar-refractivity contribution is 0.0784. The lowest BCUT2D eigenvalue weighted by atomic mass is 10.0. The summed E-state index contributed by atoms with van der Waals surface area (Å²) in [4.78, 5) is 13.4. The lowest BCUT2D eigenvalue weighted by Crippen LogP contribution is -2.35. The molecule has 0 saturated carbocycles. The molecule has 0 aromatic heterocycles. The highest BCUT2D eigenvalue weighted by molar-refractivity contribution is 6.30. The highest BCUT2D eigenvalue weighted by Gasteiger charge is 2.19. The van der Waals surface area contributed by atoms with E-state index in [9.17, 15) is 13.6 Å². The molecule has 0 aliphatic carbocycles. The van der Waals surface area contributed by atoms with E-state index in [4.69, 9.17) is 17.3 Å². The summed E-state index contributed by atoms with van der Waals surface area (Å²) in [5.74, 6) is -1.94. The van der Waals surface area contributed by atoms with Crippen molar-refractivity contribution in [1.82, 2.24) is 4.90 Å². The number of hydrogen-bond acceptors (Lipinski definition) is 2. The number of nitrogens with two attached hydrogens (primary N) is 1. The van der Waals surface area contributed by atoms with Gasteiger partial charge < -0.3 is 10.6 Å². The number of benzene rings is 1. The first-order chi connectivity index (χ1) is 9.23. The van der Waals surface area contributed by atoms with Crippen LogP contribution in [-0.4, -0.2) is 30.4 Å². The third-order valence-electron chi connectivity index (χ3n) is 3.24. The van der Waals surface area contributed by atoms with Crippen molar-refractivity contribution >= 4 is 17.5 Å². The molecule has 0 saturated heterocycles. The SMILES string of the molecule is CC(C)C(N)CCN(C)C(=O)c1cc(F)c(Cl)cc1F. The number of carbonyl (C=O) groups excluding carboxylic acids is 1. The van der Waals surface area contributed by atoms with E-state index in [1.165, 1.54) is 11.9 Å². The summed E-state index contributed by atoms with van der Waals surface area (Å²) in [7, 11) is 1.53. The van der Waals surface area contributed by atoms with Crippen LogP contribution in [0.5, 0.6) is 0 Å². The van der Waals surface area contributed by atoms with Gasteiger partial charge in [-0.1, -0.05) is 25.4 Å². The van der Waals surface area contributed by atoms with Crippen molar-refractivity contribution in [3.05, 3.63) is 34.4 Å². The highest BCUT2D eigenvalue weighted by Crippen LogP contribution is 2.20. The molecule has 0 aliphatic rings. The molecule has 1 rings (SSSR count). The maximum atomic E-state index is 13.6. The van der Waals surface area contributed by atoms with Crippen LogP contribution in [0.2, 0.25) is 5.02 Å². The van der Waals surface area contributed by atoms with Crippen molar-refractivity contribution < 1.29 is 13.6 Å². The molecule has 20 heavy (non-hydrogen) atoms. The van der Waals surface area contributed by atoms with E-state index in [0.29, 0.717) is 18.9 Å². The van der Waals surface area contributed by atoms with E-state index >= 15 is 0 Å². The van der Waals surface area contributed by atoms with E-state index in [1.54, 1.807) is 0 Å². The van der Waals surface area contributed by atoms with Crippen LogP contribution in [0.25, 0.3) is 0 Å². The van der Waals surface area contributed by atoms with E-state index in [2.05, 4.69) is 0 Å². The predicted molar refractivity (Wildman–Crippen MR) is 75.8 cm³/mol. The molecule has 6 heteroatoms. The summed E-state index contributed by atoms with van der Waals surface area (Å²) < 4.78 is 27.0. The van der Waals surface area contributed by atoms with Crippen LogP contribution < -0.4 is 5.73 Å². The van der Waals surface area contributed by atoms with Crippen molar-refractivity contribution in [2.45, 2.75) is 26.3 Å². The minimum atomic E-state index is -0.832. The normalized spacial score (nSPS) is 12.6. The zero-order valence-corrected chi connectivity index (χ0v) is 12.5. The van der Waals surface area contributed by atoms with E-state index in [-0.39, 0.29) is 16.6 Å². The van der Waals surface area contributed by atoms with E-state index in [0.717, 1.165) is 12.1 Å². The van der Waals surface area contributed by atoms with Crippen LogP contribution in [0.15, 0.2) is 12.1 Å². The zero-order valence-electron chi connectivity index (χ0n) is 11.8. The second-order valence-electron chi connectivity index (χ2n) is 5.17. The Kier molecular flexibility index (Phi) is 5.89. The molecule has 0 spiro atoms. The Hall–Kier alpha value is -1.20. The smallest absolute Gasteiger partial charge is 0.256 e. The van der Waals surface area contributed by atoms with Crippen LogP contribution in [0.3, 0.4) is 0 Å². The Labute approximate surface area is 122 Å². The van der Waals surface area contributed by atoms with Gasteiger partial charge in [0, 0.05) is 19.6 Å². The van der Waals surface area contributed by atoms with Crippen molar-refractivity contribution in [2.24, 2.45) is 11.7 Å². The third kappa shape index (κ3) is 4.15. The van der Waals surface area contributed by atoms with Gasteiger partial charge in [0.1, 0.15) is 11.6 Å². The van der Waals surface area contributed by atoms with Crippen LogP contribution in [-0.2, 0) is 0 Å². The number of carbonyl (C=O) groups is 1. The number of nitrogens with zero attached hydrogens (tertiary/aromatic N) is 1. The van der Waals surface area contributed by atoms with Gasteiger partial charge in [0.15, 0.2) is 0 Å². The van der Waals surface area contributed by atoms with Crippen LogP contribution in [0.1, 0.15) is 30.6 Å². The molecule has 2 N–H and O–H groups in total. The molecule has 3 nitrogen and oxygen atoms in total. The van der Waals surface area contributed by atoms with Gasteiger partial charge in [0.25, 0.3) is 5.91 Å². The molecule has 0 radical (unpaired) electrons. The van der Waals surface area contributed by atoms with Gasteiger partial charge in [-0.25, -0.2) is 8.78 Å². The van der Waals surface area contributed by atoms with Crippen molar-refractivity contribution in [1.29, 1.82) is 0 Å². The standard InChI is InChI=1S/C14H19ClF2N2O/c1-8(2)13(18)4-5-19(3)14(20)9-6-12(17)10(15)7-11(9)16/h6-8,13H,4-5,18H2,1-3H3. The zero-order chi connectivity index (χ0) is 15.4. The Morgan fingerprint density at radius 1 is 1.35 bits per heavy atom. The fourth-order valence-electron chi connectivity index (χ4n) is 1.67.